The lowest BCUT2D eigenvalue weighted by atomic mass is 9.53. The highest BCUT2D eigenvalue weighted by Gasteiger charge is 2.62. The van der Waals surface area contributed by atoms with Gasteiger partial charge in [-0.3, -0.25) is 4.79 Å². The lowest BCUT2D eigenvalue weighted by Crippen LogP contribution is -2.60. The van der Waals surface area contributed by atoms with E-state index >= 15 is 0 Å². The number of hydrogen-bond acceptors (Lipinski definition) is 5. The third-order valence-electron chi connectivity index (χ3n) is 6.48. The van der Waals surface area contributed by atoms with Gasteiger partial charge >= 0.3 is 11.7 Å². The molecule has 0 saturated heterocycles. The van der Waals surface area contributed by atoms with Gasteiger partial charge < -0.3 is 24.5 Å². The first kappa shape index (κ1) is 18.8. The van der Waals surface area contributed by atoms with E-state index in [0.29, 0.717) is 40.4 Å². The number of carbonyl (C=O) groups is 1. The van der Waals surface area contributed by atoms with E-state index < -0.39 is 5.60 Å². The second-order valence-electron chi connectivity index (χ2n) is 8.21. The third-order valence-corrected chi connectivity index (χ3v) is 6.48. The minimum atomic E-state index is -0.735. The summed E-state index contributed by atoms with van der Waals surface area (Å²) in [6, 6.07) is 3.51. The largest absolute Gasteiger partial charge is 0.493 e. The van der Waals surface area contributed by atoms with Crippen LogP contribution in [0.25, 0.3) is 5.53 Å². The van der Waals surface area contributed by atoms with Gasteiger partial charge in [0.15, 0.2) is 11.5 Å². The number of rotatable bonds is 6. The van der Waals surface area contributed by atoms with E-state index in [4.69, 9.17) is 18.9 Å². The zero-order chi connectivity index (χ0) is 19.9. The van der Waals surface area contributed by atoms with Crippen LogP contribution >= 0.6 is 0 Å². The van der Waals surface area contributed by atoms with Gasteiger partial charge in [-0.2, -0.15) is 4.79 Å². The van der Waals surface area contributed by atoms with Crippen LogP contribution in [-0.2, 0) is 16.0 Å². The van der Waals surface area contributed by atoms with Crippen molar-refractivity contribution in [3.05, 3.63) is 23.2 Å². The molecule has 5 rings (SSSR count). The Morgan fingerprint density at radius 3 is 2.18 bits per heavy atom. The van der Waals surface area contributed by atoms with Crippen LogP contribution in [0.1, 0.15) is 37.7 Å². The quantitative estimate of drug-likeness (QED) is 0.426. The molecule has 150 valence electrons. The molecular formula is C21H26N2O5. The average molecular weight is 386 g/mol. The minimum absolute atomic E-state index is 0.0805. The monoisotopic (exact) mass is 386 g/mol. The number of carbonyl (C=O) groups excluding carboxylic acids is 1. The predicted molar refractivity (Wildman–Crippen MR) is 101 cm³/mol. The second kappa shape index (κ2) is 7.13. The predicted octanol–water partition coefficient (Wildman–Crippen LogP) is 3.05. The van der Waals surface area contributed by atoms with E-state index in [1.807, 2.05) is 0 Å². The minimum Gasteiger partial charge on any atom is -0.493 e. The van der Waals surface area contributed by atoms with Gasteiger partial charge in [-0.1, -0.05) is 0 Å². The van der Waals surface area contributed by atoms with Gasteiger partial charge in [0.25, 0.3) is 0 Å². The van der Waals surface area contributed by atoms with Crippen LogP contribution in [0.15, 0.2) is 12.1 Å². The first-order valence-electron chi connectivity index (χ1n) is 9.75. The molecule has 0 radical (unpaired) electrons. The number of benzene rings is 1. The summed E-state index contributed by atoms with van der Waals surface area (Å²) in [5.74, 6) is 2.49. The Hall–Kier alpha value is -2.53. The number of nitrogens with zero attached hydrogens (tertiary/aromatic N) is 2. The highest BCUT2D eigenvalue weighted by Crippen LogP contribution is 2.55. The highest BCUT2D eigenvalue weighted by molar-refractivity contribution is 5.94. The highest BCUT2D eigenvalue weighted by atomic mass is 16.6. The molecule has 4 aliphatic rings. The Morgan fingerprint density at radius 2 is 1.68 bits per heavy atom. The van der Waals surface area contributed by atoms with Crippen molar-refractivity contribution in [1.29, 1.82) is 0 Å². The molecule has 0 aromatic heterocycles. The first-order valence-corrected chi connectivity index (χ1v) is 9.75. The SMILES string of the molecule is COc1cc(CC(=O)OC23CC4CC(CC(C4)C2=[N+]=[N-])C3)cc(OC)c1OC. The van der Waals surface area contributed by atoms with Crippen molar-refractivity contribution in [1.82, 2.24) is 0 Å². The number of esters is 1. The van der Waals surface area contributed by atoms with Crippen LogP contribution < -0.4 is 14.2 Å². The van der Waals surface area contributed by atoms with Gasteiger partial charge in [0.2, 0.25) is 11.4 Å². The maximum atomic E-state index is 12.8. The Morgan fingerprint density at radius 1 is 1.07 bits per heavy atom. The number of ether oxygens (including phenoxy) is 4. The van der Waals surface area contributed by atoms with Crippen LogP contribution in [0.3, 0.4) is 0 Å². The van der Waals surface area contributed by atoms with E-state index in [1.54, 1.807) is 26.4 Å². The number of methoxy groups -OCH3 is 3. The Bertz CT molecular complexity index is 806. The van der Waals surface area contributed by atoms with E-state index in [2.05, 4.69) is 4.79 Å². The maximum absolute atomic E-state index is 12.8. The van der Waals surface area contributed by atoms with Crippen molar-refractivity contribution >= 4 is 11.7 Å². The normalized spacial score (nSPS) is 30.0. The van der Waals surface area contributed by atoms with Gasteiger partial charge in [-0.05, 0) is 48.8 Å². The van der Waals surface area contributed by atoms with Crippen molar-refractivity contribution in [2.24, 2.45) is 17.8 Å². The molecule has 7 heteroatoms. The summed E-state index contributed by atoms with van der Waals surface area (Å²) >= 11 is 0. The van der Waals surface area contributed by atoms with Crippen LogP contribution in [0, 0.1) is 17.8 Å². The summed E-state index contributed by atoms with van der Waals surface area (Å²) in [5.41, 5.74) is 10.3. The van der Waals surface area contributed by atoms with Crippen LogP contribution in [0.2, 0.25) is 0 Å². The summed E-state index contributed by atoms with van der Waals surface area (Å²) < 4.78 is 22.1. The second-order valence-corrected chi connectivity index (χ2v) is 8.21. The molecule has 2 atom stereocenters. The molecular weight excluding hydrogens is 360 g/mol. The Balaban J connectivity index is 1.56. The molecule has 0 aliphatic heterocycles. The van der Waals surface area contributed by atoms with Crippen molar-refractivity contribution in [3.63, 3.8) is 0 Å². The van der Waals surface area contributed by atoms with Gasteiger partial charge in [-0.25, -0.2) is 0 Å². The van der Waals surface area contributed by atoms with Crippen molar-refractivity contribution < 1.29 is 28.5 Å². The van der Waals surface area contributed by atoms with Crippen LogP contribution in [-0.4, -0.2) is 43.4 Å². The topological polar surface area (TPSA) is 90.4 Å². The fourth-order valence-electron chi connectivity index (χ4n) is 5.69. The molecule has 2 unspecified atom stereocenters. The Labute approximate surface area is 164 Å². The molecule has 4 saturated carbocycles. The van der Waals surface area contributed by atoms with Gasteiger partial charge in [0, 0.05) is 12.8 Å². The fraction of sp³-hybridized carbons (Fsp3) is 0.619. The van der Waals surface area contributed by atoms with E-state index in [-0.39, 0.29) is 18.3 Å². The molecule has 0 spiro atoms. The van der Waals surface area contributed by atoms with Gasteiger partial charge in [0.1, 0.15) is 0 Å². The summed E-state index contributed by atoms with van der Waals surface area (Å²) in [4.78, 5) is 16.4. The summed E-state index contributed by atoms with van der Waals surface area (Å²) in [6.45, 7) is 0. The summed E-state index contributed by atoms with van der Waals surface area (Å²) in [7, 11) is 4.62. The lowest BCUT2D eigenvalue weighted by Gasteiger charge is -2.52. The molecule has 4 fully saturated rings. The standard InChI is InChI=1S/C21H26N2O5/c1-25-16-7-12(8-17(26-2)19(16)27-3)9-18(24)28-21-10-13-4-14(11-21)6-15(5-13)20(21)23-22/h7-8,13-15H,4-6,9-11H2,1-3H3. The molecule has 4 bridgehead atoms. The zero-order valence-corrected chi connectivity index (χ0v) is 16.6. The summed E-state index contributed by atoms with van der Waals surface area (Å²) in [5, 5.41) is 0. The van der Waals surface area contributed by atoms with Gasteiger partial charge in [-0.15, -0.1) is 0 Å². The average Bonchev–Trinajstić information content (AvgIpc) is 2.66. The van der Waals surface area contributed by atoms with Gasteiger partial charge in [0.05, 0.1) is 33.7 Å². The van der Waals surface area contributed by atoms with Crippen LogP contribution in [0.4, 0.5) is 0 Å². The smallest absolute Gasteiger partial charge is 0.315 e. The van der Waals surface area contributed by atoms with Crippen LogP contribution in [0.5, 0.6) is 17.2 Å². The molecule has 28 heavy (non-hydrogen) atoms. The molecule has 1 aromatic carbocycles. The zero-order valence-electron chi connectivity index (χ0n) is 16.6. The van der Waals surface area contributed by atoms with Crippen molar-refractivity contribution in [2.75, 3.05) is 21.3 Å². The molecule has 1 aromatic rings. The molecule has 0 amide bonds. The van der Waals surface area contributed by atoms with E-state index in [9.17, 15) is 10.3 Å². The molecule has 7 nitrogen and oxygen atoms in total. The fourth-order valence-corrected chi connectivity index (χ4v) is 5.69. The Kier molecular flexibility index (Phi) is 4.79. The van der Waals surface area contributed by atoms with Crippen molar-refractivity contribution in [3.8, 4) is 17.2 Å². The van der Waals surface area contributed by atoms with Crippen molar-refractivity contribution in [2.45, 2.75) is 44.1 Å². The van der Waals surface area contributed by atoms with E-state index in [1.165, 1.54) is 13.5 Å². The molecule has 4 aliphatic carbocycles. The molecule has 0 heterocycles. The first-order chi connectivity index (χ1) is 13.5. The van der Waals surface area contributed by atoms with E-state index in [0.717, 1.165) is 25.7 Å². The number of hydrogen-bond donors (Lipinski definition) is 0. The summed E-state index contributed by atoms with van der Waals surface area (Å²) in [6.07, 6.45) is 4.89. The lowest BCUT2D eigenvalue weighted by molar-refractivity contribution is -0.172. The third kappa shape index (κ3) is 3.04. The maximum Gasteiger partial charge on any atom is 0.315 e. The molecule has 0 N–H and O–H groups in total.